The molecule has 3 atom stereocenters. The number of rotatable bonds is 5. The number of amides is 1. The Balaban J connectivity index is 2.93. The number of nitrogens with zero attached hydrogens (tertiary/aromatic N) is 1. The van der Waals surface area contributed by atoms with Gasteiger partial charge in [0.05, 0.1) is 5.03 Å². The minimum absolute atomic E-state index is 0.0296. The summed E-state index contributed by atoms with van der Waals surface area (Å²) in [6.45, 7) is 15.6. The van der Waals surface area contributed by atoms with Crippen molar-refractivity contribution in [3.05, 3.63) is 47.0 Å². The smallest absolute Gasteiger partial charge is 0.410 e. The lowest BCUT2D eigenvalue weighted by Crippen LogP contribution is -2.56. The molecule has 0 saturated carbocycles. The molecular weight excluding hydrogens is 371 g/mol. The van der Waals surface area contributed by atoms with Crippen molar-refractivity contribution in [2.75, 3.05) is 6.54 Å². The second-order valence-electron chi connectivity index (χ2n) is 7.61. The molecule has 1 saturated heterocycles. The highest BCUT2D eigenvalue weighted by molar-refractivity contribution is 6.39. The standard InChI is InChI=1S/C20H30Cl2N2O2/c1-7-8-15-11-16(13(2)9-10-17(22)14(3)21)18(23)12-24(15)19(25)26-20(4,5)6/h7,9-10,15-16,18H,1-2,8,11-12,23H2,3-6H3/b10-9-,17-14-/t15?,16-,18+/m0/s1. The van der Waals surface area contributed by atoms with Gasteiger partial charge in [0, 0.05) is 29.6 Å². The van der Waals surface area contributed by atoms with Crippen LogP contribution in [-0.2, 0) is 4.74 Å². The first-order valence-corrected chi connectivity index (χ1v) is 9.46. The van der Waals surface area contributed by atoms with Crippen LogP contribution in [0.2, 0.25) is 0 Å². The molecular formula is C20H30Cl2N2O2. The Morgan fingerprint density at radius 3 is 2.46 bits per heavy atom. The maximum Gasteiger partial charge on any atom is 0.410 e. The van der Waals surface area contributed by atoms with Gasteiger partial charge in [-0.05, 0) is 46.6 Å². The Bertz CT molecular complexity index is 601. The van der Waals surface area contributed by atoms with Crippen molar-refractivity contribution in [2.24, 2.45) is 11.7 Å². The van der Waals surface area contributed by atoms with Crippen LogP contribution in [0.1, 0.15) is 40.5 Å². The van der Waals surface area contributed by atoms with Gasteiger partial charge in [0.15, 0.2) is 0 Å². The lowest BCUT2D eigenvalue weighted by atomic mass is 9.81. The third kappa shape index (κ3) is 6.82. The third-order valence-electron chi connectivity index (χ3n) is 4.21. The zero-order valence-electron chi connectivity index (χ0n) is 16.1. The van der Waals surface area contributed by atoms with Crippen molar-refractivity contribution in [1.82, 2.24) is 4.90 Å². The highest BCUT2D eigenvalue weighted by atomic mass is 35.5. The minimum atomic E-state index is -0.550. The molecule has 146 valence electrons. The Kier molecular flexibility index (Phi) is 8.45. The van der Waals surface area contributed by atoms with E-state index in [4.69, 9.17) is 33.7 Å². The van der Waals surface area contributed by atoms with Crippen LogP contribution >= 0.6 is 23.2 Å². The first-order valence-electron chi connectivity index (χ1n) is 8.71. The summed E-state index contributed by atoms with van der Waals surface area (Å²) in [6.07, 6.45) is 6.39. The van der Waals surface area contributed by atoms with Crippen LogP contribution in [-0.4, -0.2) is 35.2 Å². The normalized spacial score (nSPS) is 25.0. The molecule has 1 rings (SSSR count). The monoisotopic (exact) mass is 400 g/mol. The molecule has 0 radical (unpaired) electrons. The molecule has 1 fully saturated rings. The van der Waals surface area contributed by atoms with E-state index in [0.29, 0.717) is 29.5 Å². The largest absolute Gasteiger partial charge is 0.444 e. The molecule has 0 spiro atoms. The summed E-state index contributed by atoms with van der Waals surface area (Å²) in [4.78, 5) is 14.3. The minimum Gasteiger partial charge on any atom is -0.444 e. The van der Waals surface area contributed by atoms with Crippen molar-refractivity contribution in [2.45, 2.75) is 58.2 Å². The summed E-state index contributed by atoms with van der Waals surface area (Å²) in [7, 11) is 0. The van der Waals surface area contributed by atoms with Gasteiger partial charge in [-0.2, -0.15) is 0 Å². The lowest BCUT2D eigenvalue weighted by molar-refractivity contribution is 0.00392. The SMILES string of the molecule is C=CCC1C[C@@H](C(=C)/C=C\C(Cl)=C(/C)Cl)[C@H](N)CN1C(=O)OC(C)(C)C. The Hall–Kier alpha value is -1.23. The van der Waals surface area contributed by atoms with Gasteiger partial charge in [-0.1, -0.05) is 47.5 Å². The molecule has 0 aliphatic carbocycles. The molecule has 26 heavy (non-hydrogen) atoms. The van der Waals surface area contributed by atoms with Gasteiger partial charge >= 0.3 is 6.09 Å². The molecule has 0 aromatic rings. The maximum absolute atomic E-state index is 12.6. The summed E-state index contributed by atoms with van der Waals surface area (Å²) in [5.74, 6) is 0.0370. The molecule has 0 aromatic carbocycles. The molecule has 1 amide bonds. The average Bonchev–Trinajstić information content (AvgIpc) is 2.51. The van der Waals surface area contributed by atoms with Gasteiger partial charge in [-0.25, -0.2) is 4.79 Å². The van der Waals surface area contributed by atoms with Crippen molar-refractivity contribution < 1.29 is 9.53 Å². The van der Waals surface area contributed by atoms with Crippen LogP contribution in [0.4, 0.5) is 4.79 Å². The molecule has 4 nitrogen and oxygen atoms in total. The fourth-order valence-electron chi connectivity index (χ4n) is 2.90. The molecule has 0 bridgehead atoms. The van der Waals surface area contributed by atoms with Crippen LogP contribution < -0.4 is 5.73 Å². The van der Waals surface area contributed by atoms with Crippen molar-refractivity contribution in [3.63, 3.8) is 0 Å². The van der Waals surface area contributed by atoms with E-state index >= 15 is 0 Å². The van der Waals surface area contributed by atoms with Crippen molar-refractivity contribution in [1.29, 1.82) is 0 Å². The summed E-state index contributed by atoms with van der Waals surface area (Å²) in [6, 6.07) is -0.265. The van der Waals surface area contributed by atoms with E-state index in [1.54, 1.807) is 17.9 Å². The number of hydrogen-bond donors (Lipinski definition) is 1. The number of carbonyl (C=O) groups excluding carboxylic acids is 1. The topological polar surface area (TPSA) is 55.6 Å². The van der Waals surface area contributed by atoms with E-state index < -0.39 is 5.60 Å². The fourth-order valence-corrected chi connectivity index (χ4v) is 3.03. The number of halogens is 2. The predicted molar refractivity (Wildman–Crippen MR) is 110 cm³/mol. The van der Waals surface area contributed by atoms with E-state index in [-0.39, 0.29) is 24.1 Å². The van der Waals surface area contributed by atoms with Gasteiger partial charge in [0.2, 0.25) is 0 Å². The van der Waals surface area contributed by atoms with Crippen molar-refractivity contribution in [3.8, 4) is 0 Å². The number of nitrogens with two attached hydrogens (primary N) is 1. The van der Waals surface area contributed by atoms with Crippen LogP contribution in [0.5, 0.6) is 0 Å². The van der Waals surface area contributed by atoms with Gasteiger partial charge in [-0.3, -0.25) is 0 Å². The number of hydrogen-bond acceptors (Lipinski definition) is 3. The maximum atomic E-state index is 12.6. The molecule has 1 heterocycles. The summed E-state index contributed by atoms with van der Waals surface area (Å²) in [5, 5.41) is 0.986. The predicted octanol–water partition coefficient (Wildman–Crippen LogP) is 5.34. The highest BCUT2D eigenvalue weighted by Crippen LogP contribution is 2.31. The summed E-state index contributed by atoms with van der Waals surface area (Å²) >= 11 is 11.9. The third-order valence-corrected chi connectivity index (χ3v) is 4.92. The second kappa shape index (κ2) is 9.63. The highest BCUT2D eigenvalue weighted by Gasteiger charge is 2.38. The Morgan fingerprint density at radius 2 is 1.96 bits per heavy atom. The number of likely N-dealkylation sites (tertiary alicyclic amines) is 1. The van der Waals surface area contributed by atoms with Crippen molar-refractivity contribution >= 4 is 29.3 Å². The first kappa shape index (κ1) is 22.8. The molecule has 6 heteroatoms. The van der Waals surface area contributed by atoms with Gasteiger partial charge < -0.3 is 15.4 Å². The van der Waals surface area contributed by atoms with Gasteiger partial charge in [0.25, 0.3) is 0 Å². The van der Waals surface area contributed by atoms with Gasteiger partial charge in [-0.15, -0.1) is 6.58 Å². The van der Waals surface area contributed by atoms with E-state index in [1.807, 2.05) is 32.9 Å². The number of carbonyl (C=O) groups is 1. The zero-order chi connectivity index (χ0) is 20.1. The fraction of sp³-hybridized carbons (Fsp3) is 0.550. The van der Waals surface area contributed by atoms with Crippen LogP contribution in [0, 0.1) is 5.92 Å². The van der Waals surface area contributed by atoms with E-state index in [0.717, 1.165) is 5.57 Å². The van der Waals surface area contributed by atoms with Crippen LogP contribution in [0.25, 0.3) is 0 Å². The van der Waals surface area contributed by atoms with Gasteiger partial charge in [0.1, 0.15) is 5.60 Å². The lowest BCUT2D eigenvalue weighted by Gasteiger charge is -2.43. The number of piperidine rings is 1. The van der Waals surface area contributed by atoms with E-state index in [1.165, 1.54) is 0 Å². The molecule has 1 aliphatic rings. The van der Waals surface area contributed by atoms with E-state index in [2.05, 4.69) is 13.2 Å². The second-order valence-corrected chi connectivity index (χ2v) is 8.58. The molecule has 1 unspecified atom stereocenters. The molecule has 1 aliphatic heterocycles. The summed E-state index contributed by atoms with van der Waals surface area (Å²) in [5.41, 5.74) is 6.67. The Morgan fingerprint density at radius 1 is 1.35 bits per heavy atom. The quantitative estimate of drug-likeness (QED) is 0.500. The average molecular weight is 401 g/mol. The number of ether oxygens (including phenoxy) is 1. The molecule has 2 N–H and O–H groups in total. The summed E-state index contributed by atoms with van der Waals surface area (Å²) < 4.78 is 5.53. The van der Waals surface area contributed by atoms with Crippen LogP contribution in [0.3, 0.4) is 0 Å². The first-order chi connectivity index (χ1) is 12.0. The molecule has 0 aromatic heterocycles. The van der Waals surface area contributed by atoms with Crippen LogP contribution in [0.15, 0.2) is 47.0 Å². The number of allylic oxidation sites excluding steroid dienone is 4. The zero-order valence-corrected chi connectivity index (χ0v) is 17.6. The van der Waals surface area contributed by atoms with E-state index in [9.17, 15) is 4.79 Å². The Labute approximate surface area is 167 Å².